The summed E-state index contributed by atoms with van der Waals surface area (Å²) >= 11 is 0. The first-order valence-electron chi connectivity index (χ1n) is 5.12. The largest absolute Gasteiger partial charge is 0.369 e. The summed E-state index contributed by atoms with van der Waals surface area (Å²) in [7, 11) is 1.85. The molecule has 2 aliphatic rings. The minimum Gasteiger partial charge on any atom is -0.369 e. The number of aryl methyl sites for hydroxylation is 1. The Balaban J connectivity index is 1.92. The highest BCUT2D eigenvalue weighted by Gasteiger charge is 2.49. The Hall–Kier alpha value is -1.05. The summed E-state index contributed by atoms with van der Waals surface area (Å²) in [5.41, 5.74) is -0.152. The number of hydrogen-bond acceptors (Lipinski definition) is 6. The van der Waals surface area contributed by atoms with Gasteiger partial charge in [-0.25, -0.2) is 4.68 Å². The van der Waals surface area contributed by atoms with Crippen molar-refractivity contribution >= 4 is 0 Å². The van der Waals surface area contributed by atoms with E-state index in [4.69, 9.17) is 4.74 Å². The zero-order valence-corrected chi connectivity index (χ0v) is 8.60. The van der Waals surface area contributed by atoms with Gasteiger partial charge in [0.1, 0.15) is 11.6 Å². The molecular formula is C8H14N6O. The Kier molecular flexibility index (Phi) is 1.98. The van der Waals surface area contributed by atoms with E-state index in [9.17, 15) is 0 Å². The van der Waals surface area contributed by atoms with Crippen molar-refractivity contribution in [1.82, 2.24) is 30.8 Å². The molecule has 2 N–H and O–H groups in total. The third kappa shape index (κ3) is 1.27. The second-order valence-electron chi connectivity index (χ2n) is 4.06. The Morgan fingerprint density at radius 1 is 1.53 bits per heavy atom. The van der Waals surface area contributed by atoms with E-state index >= 15 is 0 Å². The number of hydrogen-bond donors (Lipinski definition) is 2. The fourth-order valence-corrected chi connectivity index (χ4v) is 2.21. The summed E-state index contributed by atoms with van der Waals surface area (Å²) in [6, 6.07) is 0.0903. The SMILES string of the molecule is Cn1nnnc1C1NCCOC12CNC2. The Labute approximate surface area is 87.2 Å². The third-order valence-electron chi connectivity index (χ3n) is 3.13. The summed E-state index contributed by atoms with van der Waals surface area (Å²) in [4.78, 5) is 0. The molecule has 0 aliphatic carbocycles. The number of nitrogens with one attached hydrogen (secondary N) is 2. The second-order valence-corrected chi connectivity index (χ2v) is 4.06. The first-order valence-corrected chi connectivity index (χ1v) is 5.12. The summed E-state index contributed by atoms with van der Waals surface area (Å²) in [6.07, 6.45) is 0. The molecule has 1 aromatic heterocycles. The van der Waals surface area contributed by atoms with Gasteiger partial charge >= 0.3 is 0 Å². The number of ether oxygens (including phenoxy) is 1. The molecule has 0 amide bonds. The molecule has 2 aliphatic heterocycles. The normalized spacial score (nSPS) is 29.0. The maximum Gasteiger partial charge on any atom is 0.171 e. The molecule has 3 rings (SSSR count). The van der Waals surface area contributed by atoms with Gasteiger partial charge in [-0.2, -0.15) is 0 Å². The Morgan fingerprint density at radius 3 is 3.00 bits per heavy atom. The van der Waals surface area contributed by atoms with E-state index < -0.39 is 0 Å². The predicted molar refractivity (Wildman–Crippen MR) is 51.1 cm³/mol. The molecule has 0 aromatic carbocycles. The molecule has 0 saturated carbocycles. The molecule has 3 heterocycles. The molecule has 0 bridgehead atoms. The minimum absolute atomic E-state index is 0.0903. The van der Waals surface area contributed by atoms with Crippen LogP contribution in [0.1, 0.15) is 11.9 Å². The van der Waals surface area contributed by atoms with Crippen LogP contribution in [-0.2, 0) is 11.8 Å². The van der Waals surface area contributed by atoms with E-state index in [1.165, 1.54) is 0 Å². The molecule has 82 valence electrons. The zero-order valence-electron chi connectivity index (χ0n) is 8.60. The number of morpholine rings is 1. The fraction of sp³-hybridized carbons (Fsp3) is 0.875. The minimum atomic E-state index is -0.152. The van der Waals surface area contributed by atoms with Crippen molar-refractivity contribution in [3.05, 3.63) is 5.82 Å². The van der Waals surface area contributed by atoms with Crippen molar-refractivity contribution in [1.29, 1.82) is 0 Å². The van der Waals surface area contributed by atoms with Crippen LogP contribution in [0.2, 0.25) is 0 Å². The lowest BCUT2D eigenvalue weighted by Crippen LogP contribution is -2.69. The van der Waals surface area contributed by atoms with E-state index in [0.29, 0.717) is 0 Å². The molecule has 1 atom stereocenters. The van der Waals surface area contributed by atoms with Crippen LogP contribution in [0.15, 0.2) is 0 Å². The monoisotopic (exact) mass is 210 g/mol. The van der Waals surface area contributed by atoms with Gasteiger partial charge in [0.25, 0.3) is 0 Å². The average molecular weight is 210 g/mol. The lowest BCUT2D eigenvalue weighted by atomic mass is 9.86. The van der Waals surface area contributed by atoms with Crippen LogP contribution >= 0.6 is 0 Å². The van der Waals surface area contributed by atoms with Gasteiger partial charge in [-0.1, -0.05) is 0 Å². The van der Waals surface area contributed by atoms with Gasteiger partial charge in [0.05, 0.1) is 6.61 Å². The number of rotatable bonds is 1. The maximum atomic E-state index is 5.86. The first-order chi connectivity index (χ1) is 7.32. The molecule has 2 saturated heterocycles. The quantitative estimate of drug-likeness (QED) is 0.570. The first kappa shape index (κ1) is 9.20. The van der Waals surface area contributed by atoms with Crippen LogP contribution in [0.5, 0.6) is 0 Å². The van der Waals surface area contributed by atoms with E-state index in [1.54, 1.807) is 4.68 Å². The van der Waals surface area contributed by atoms with Gasteiger partial charge in [-0.3, -0.25) is 0 Å². The van der Waals surface area contributed by atoms with Crippen LogP contribution < -0.4 is 10.6 Å². The summed E-state index contributed by atoms with van der Waals surface area (Å²) in [5, 5.41) is 18.2. The van der Waals surface area contributed by atoms with Crippen molar-refractivity contribution in [3.63, 3.8) is 0 Å². The van der Waals surface area contributed by atoms with E-state index in [2.05, 4.69) is 26.2 Å². The number of tetrazole rings is 1. The molecule has 2 fully saturated rings. The van der Waals surface area contributed by atoms with E-state index in [0.717, 1.165) is 32.1 Å². The van der Waals surface area contributed by atoms with Crippen molar-refractivity contribution in [3.8, 4) is 0 Å². The summed E-state index contributed by atoms with van der Waals surface area (Å²) in [6.45, 7) is 3.32. The maximum absolute atomic E-state index is 5.86. The molecule has 15 heavy (non-hydrogen) atoms. The number of nitrogens with zero attached hydrogens (tertiary/aromatic N) is 4. The highest BCUT2D eigenvalue weighted by Crippen LogP contribution is 2.33. The number of aromatic nitrogens is 4. The van der Waals surface area contributed by atoms with Gasteiger partial charge in [-0.05, 0) is 10.4 Å². The molecule has 7 nitrogen and oxygen atoms in total. The van der Waals surface area contributed by atoms with E-state index in [1.807, 2.05) is 7.05 Å². The van der Waals surface area contributed by atoms with Crippen molar-refractivity contribution in [2.75, 3.05) is 26.2 Å². The van der Waals surface area contributed by atoms with Crippen molar-refractivity contribution < 1.29 is 4.74 Å². The molecule has 0 radical (unpaired) electrons. The fourth-order valence-electron chi connectivity index (χ4n) is 2.21. The molecule has 1 aromatic rings. The zero-order chi connectivity index (χ0) is 10.3. The van der Waals surface area contributed by atoms with Gasteiger partial charge in [0, 0.05) is 26.7 Å². The Bertz CT molecular complexity index is 360. The van der Waals surface area contributed by atoms with Crippen LogP contribution in [0.4, 0.5) is 0 Å². The highest BCUT2D eigenvalue weighted by atomic mass is 16.5. The molecule has 1 unspecified atom stereocenters. The van der Waals surface area contributed by atoms with Crippen LogP contribution in [0, 0.1) is 0 Å². The van der Waals surface area contributed by atoms with Gasteiger partial charge < -0.3 is 15.4 Å². The van der Waals surface area contributed by atoms with Gasteiger partial charge in [0.2, 0.25) is 0 Å². The smallest absolute Gasteiger partial charge is 0.171 e. The van der Waals surface area contributed by atoms with Crippen LogP contribution in [0.3, 0.4) is 0 Å². The predicted octanol–water partition coefficient (Wildman–Crippen LogP) is -1.79. The molecule has 1 spiro atoms. The third-order valence-corrected chi connectivity index (χ3v) is 3.13. The molecule has 7 heteroatoms. The van der Waals surface area contributed by atoms with Crippen molar-refractivity contribution in [2.45, 2.75) is 11.6 Å². The van der Waals surface area contributed by atoms with Crippen LogP contribution in [-0.4, -0.2) is 52.0 Å². The lowest BCUT2D eigenvalue weighted by molar-refractivity contribution is -0.131. The van der Waals surface area contributed by atoms with Crippen LogP contribution in [0.25, 0.3) is 0 Å². The standard InChI is InChI=1S/C8H14N6O/c1-14-7(11-12-13-14)6-8(4-9-5-8)15-3-2-10-6/h6,9-10H,2-5H2,1H3. The average Bonchev–Trinajstić information content (AvgIpc) is 2.62. The van der Waals surface area contributed by atoms with Gasteiger partial charge in [-0.15, -0.1) is 5.10 Å². The second kappa shape index (κ2) is 3.22. The Morgan fingerprint density at radius 2 is 2.40 bits per heavy atom. The summed E-state index contributed by atoms with van der Waals surface area (Å²) in [5.74, 6) is 0.844. The molecular weight excluding hydrogens is 196 g/mol. The topological polar surface area (TPSA) is 76.9 Å². The lowest BCUT2D eigenvalue weighted by Gasteiger charge is -2.49. The highest BCUT2D eigenvalue weighted by molar-refractivity contribution is 5.12. The van der Waals surface area contributed by atoms with Crippen molar-refractivity contribution in [2.24, 2.45) is 7.05 Å². The van der Waals surface area contributed by atoms with Gasteiger partial charge in [0.15, 0.2) is 5.82 Å². The summed E-state index contributed by atoms with van der Waals surface area (Å²) < 4.78 is 7.56. The van der Waals surface area contributed by atoms with E-state index in [-0.39, 0.29) is 11.6 Å².